The average Bonchev–Trinajstić information content (AvgIpc) is 3.09. The topological polar surface area (TPSA) is 89.9 Å². The number of fused-ring (bicyclic) bond motifs is 1. The third kappa shape index (κ3) is 3.17. The van der Waals surface area contributed by atoms with Crippen molar-refractivity contribution in [2.24, 2.45) is 11.7 Å². The van der Waals surface area contributed by atoms with E-state index in [1.807, 2.05) is 44.9 Å². The molecule has 2 N–H and O–H groups in total. The quantitative estimate of drug-likeness (QED) is 0.918. The summed E-state index contributed by atoms with van der Waals surface area (Å²) in [6.45, 7) is 9.23. The molecular formula is C17H24N6O. The molecule has 0 spiro atoms. The van der Waals surface area contributed by atoms with Crippen molar-refractivity contribution >= 4 is 5.91 Å². The van der Waals surface area contributed by atoms with E-state index in [2.05, 4.69) is 15.1 Å². The van der Waals surface area contributed by atoms with Crippen LogP contribution >= 0.6 is 0 Å². The van der Waals surface area contributed by atoms with E-state index in [4.69, 9.17) is 5.73 Å². The number of aryl methyl sites for hydroxylation is 2. The molecule has 0 radical (unpaired) electrons. The largest absolute Gasteiger partial charge is 0.332 e. The monoisotopic (exact) mass is 328 g/mol. The molecule has 3 heterocycles. The molecule has 0 saturated carbocycles. The number of aromatic nitrogens is 4. The smallest absolute Gasteiger partial charge is 0.244 e. The maximum Gasteiger partial charge on any atom is 0.244 e. The van der Waals surface area contributed by atoms with Gasteiger partial charge in [0.25, 0.3) is 0 Å². The van der Waals surface area contributed by atoms with Gasteiger partial charge >= 0.3 is 0 Å². The highest BCUT2D eigenvalue weighted by Crippen LogP contribution is 2.23. The van der Waals surface area contributed by atoms with E-state index in [0.29, 0.717) is 24.7 Å². The van der Waals surface area contributed by atoms with Crippen LogP contribution in [0, 0.1) is 19.8 Å². The van der Waals surface area contributed by atoms with Crippen LogP contribution in [0.25, 0.3) is 0 Å². The molecular weight excluding hydrogens is 304 g/mol. The Balaban J connectivity index is 1.75. The summed E-state index contributed by atoms with van der Waals surface area (Å²) in [5, 5.41) is 4.35. The Bertz CT molecular complexity index is 766. The fourth-order valence-corrected chi connectivity index (χ4v) is 2.94. The Labute approximate surface area is 141 Å². The van der Waals surface area contributed by atoms with Crippen molar-refractivity contribution in [3.05, 3.63) is 40.7 Å². The second kappa shape index (κ2) is 6.32. The molecule has 1 aliphatic heterocycles. The molecule has 0 unspecified atom stereocenters. The van der Waals surface area contributed by atoms with Crippen LogP contribution in [-0.4, -0.2) is 30.6 Å². The van der Waals surface area contributed by atoms with Crippen LogP contribution in [-0.2, 0) is 24.4 Å². The standard InChI is InChI=1S/C17H24N6O/c1-10(2)16(18)17-20-12(4)21-23(17)9-15(24)22-7-13-5-11(3)19-6-14(13)8-22/h5-6,10,16H,7-9,18H2,1-4H3/t16-/m0/s1. The summed E-state index contributed by atoms with van der Waals surface area (Å²) in [6, 6.07) is 1.81. The highest BCUT2D eigenvalue weighted by Gasteiger charge is 2.26. The number of nitrogens with two attached hydrogens (primary N) is 1. The van der Waals surface area contributed by atoms with E-state index in [9.17, 15) is 4.79 Å². The number of carbonyl (C=O) groups is 1. The molecule has 2 aromatic heterocycles. The third-order valence-corrected chi connectivity index (χ3v) is 4.40. The lowest BCUT2D eigenvalue weighted by Gasteiger charge is -2.18. The van der Waals surface area contributed by atoms with Crippen molar-refractivity contribution in [2.45, 2.75) is 53.4 Å². The predicted molar refractivity (Wildman–Crippen MR) is 89.8 cm³/mol. The maximum absolute atomic E-state index is 12.7. The van der Waals surface area contributed by atoms with E-state index in [1.54, 1.807) is 4.68 Å². The fraction of sp³-hybridized carbons (Fsp3) is 0.529. The molecule has 2 aromatic rings. The van der Waals surface area contributed by atoms with E-state index in [-0.39, 0.29) is 24.4 Å². The minimum absolute atomic E-state index is 0.0194. The van der Waals surface area contributed by atoms with Crippen LogP contribution in [0.15, 0.2) is 12.3 Å². The van der Waals surface area contributed by atoms with E-state index in [0.717, 1.165) is 11.3 Å². The van der Waals surface area contributed by atoms with Gasteiger partial charge in [0.1, 0.15) is 18.2 Å². The first-order valence-electron chi connectivity index (χ1n) is 8.24. The molecule has 0 aromatic carbocycles. The lowest BCUT2D eigenvalue weighted by molar-refractivity contribution is -0.132. The Morgan fingerprint density at radius 3 is 2.71 bits per heavy atom. The molecule has 0 fully saturated rings. The minimum atomic E-state index is -0.235. The highest BCUT2D eigenvalue weighted by molar-refractivity contribution is 5.76. The Morgan fingerprint density at radius 1 is 1.29 bits per heavy atom. The average molecular weight is 328 g/mol. The summed E-state index contributed by atoms with van der Waals surface area (Å²) >= 11 is 0. The van der Waals surface area contributed by atoms with Gasteiger partial charge in [0.05, 0.1) is 6.04 Å². The van der Waals surface area contributed by atoms with Gasteiger partial charge in [0, 0.05) is 25.0 Å². The van der Waals surface area contributed by atoms with Crippen molar-refractivity contribution in [1.29, 1.82) is 0 Å². The van der Waals surface area contributed by atoms with Gasteiger partial charge in [-0.3, -0.25) is 9.78 Å². The second-order valence-electron chi connectivity index (χ2n) is 6.79. The second-order valence-corrected chi connectivity index (χ2v) is 6.79. The molecule has 0 bridgehead atoms. The molecule has 1 aliphatic rings. The normalized spacial score (nSPS) is 15.0. The van der Waals surface area contributed by atoms with Gasteiger partial charge in [-0.05, 0) is 37.0 Å². The van der Waals surface area contributed by atoms with Crippen molar-refractivity contribution in [2.75, 3.05) is 0 Å². The van der Waals surface area contributed by atoms with Crippen LogP contribution in [0.4, 0.5) is 0 Å². The first-order chi connectivity index (χ1) is 11.3. The van der Waals surface area contributed by atoms with Gasteiger partial charge in [0.15, 0.2) is 0 Å². The Kier molecular flexibility index (Phi) is 4.36. The third-order valence-electron chi connectivity index (χ3n) is 4.40. The zero-order valence-electron chi connectivity index (χ0n) is 14.7. The van der Waals surface area contributed by atoms with Crippen molar-refractivity contribution in [1.82, 2.24) is 24.6 Å². The van der Waals surface area contributed by atoms with Crippen molar-refractivity contribution in [3.63, 3.8) is 0 Å². The van der Waals surface area contributed by atoms with Crippen LogP contribution < -0.4 is 5.73 Å². The molecule has 24 heavy (non-hydrogen) atoms. The molecule has 1 amide bonds. The van der Waals surface area contributed by atoms with Crippen LogP contribution in [0.5, 0.6) is 0 Å². The fourth-order valence-electron chi connectivity index (χ4n) is 2.94. The van der Waals surface area contributed by atoms with E-state index >= 15 is 0 Å². The van der Waals surface area contributed by atoms with Gasteiger partial charge in [0.2, 0.25) is 5.91 Å². The molecule has 0 aliphatic carbocycles. The van der Waals surface area contributed by atoms with Crippen LogP contribution in [0.3, 0.4) is 0 Å². The van der Waals surface area contributed by atoms with Gasteiger partial charge in [-0.2, -0.15) is 5.10 Å². The lowest BCUT2D eigenvalue weighted by Crippen LogP contribution is -2.31. The minimum Gasteiger partial charge on any atom is -0.332 e. The first-order valence-corrected chi connectivity index (χ1v) is 8.24. The number of amides is 1. The zero-order chi connectivity index (χ0) is 17.4. The number of hydrogen-bond acceptors (Lipinski definition) is 5. The number of nitrogens with zero attached hydrogens (tertiary/aromatic N) is 5. The highest BCUT2D eigenvalue weighted by atomic mass is 16.2. The maximum atomic E-state index is 12.7. The van der Waals surface area contributed by atoms with Crippen molar-refractivity contribution < 1.29 is 4.79 Å². The Morgan fingerprint density at radius 2 is 2.00 bits per heavy atom. The lowest BCUT2D eigenvalue weighted by atomic mass is 10.1. The van der Waals surface area contributed by atoms with Gasteiger partial charge in [-0.1, -0.05) is 13.8 Å². The molecule has 1 atom stereocenters. The summed E-state index contributed by atoms with van der Waals surface area (Å²) < 4.78 is 1.65. The van der Waals surface area contributed by atoms with Gasteiger partial charge in [-0.15, -0.1) is 0 Å². The number of carbonyl (C=O) groups excluding carboxylic acids is 1. The summed E-state index contributed by atoms with van der Waals surface area (Å²) in [6.07, 6.45) is 1.86. The van der Waals surface area contributed by atoms with Gasteiger partial charge in [-0.25, -0.2) is 9.67 Å². The summed E-state index contributed by atoms with van der Waals surface area (Å²) in [7, 11) is 0. The molecule has 128 valence electrons. The molecule has 3 rings (SSSR count). The SMILES string of the molecule is Cc1cc2c(cn1)CN(C(=O)Cn1nc(C)nc1[C@@H](N)C(C)C)C2. The predicted octanol–water partition coefficient (Wildman–Crippen LogP) is 1.49. The molecule has 7 nitrogen and oxygen atoms in total. The summed E-state index contributed by atoms with van der Waals surface area (Å²) in [4.78, 5) is 23.2. The molecule has 0 saturated heterocycles. The van der Waals surface area contributed by atoms with Crippen LogP contribution in [0.1, 0.15) is 48.4 Å². The number of rotatable bonds is 4. The van der Waals surface area contributed by atoms with E-state index < -0.39 is 0 Å². The van der Waals surface area contributed by atoms with Gasteiger partial charge < -0.3 is 10.6 Å². The van der Waals surface area contributed by atoms with E-state index in [1.165, 1.54) is 5.56 Å². The molecule has 7 heteroatoms. The van der Waals surface area contributed by atoms with Crippen LogP contribution in [0.2, 0.25) is 0 Å². The first kappa shape index (κ1) is 16.6. The summed E-state index contributed by atoms with van der Waals surface area (Å²) in [5.41, 5.74) is 9.47. The Hall–Kier alpha value is -2.28. The summed E-state index contributed by atoms with van der Waals surface area (Å²) in [5.74, 6) is 1.56. The number of pyridine rings is 1. The number of hydrogen-bond donors (Lipinski definition) is 1. The van der Waals surface area contributed by atoms with Crippen molar-refractivity contribution in [3.8, 4) is 0 Å². The zero-order valence-corrected chi connectivity index (χ0v) is 14.7.